The van der Waals surface area contributed by atoms with Crippen LogP contribution in [0.3, 0.4) is 0 Å². The van der Waals surface area contributed by atoms with Crippen molar-refractivity contribution in [1.82, 2.24) is 10.2 Å². The minimum absolute atomic E-state index is 0. The highest BCUT2D eigenvalue weighted by atomic mass is 127. The van der Waals surface area contributed by atoms with E-state index in [2.05, 4.69) is 50.4 Å². The first-order valence-electron chi connectivity index (χ1n) is 11.0. The average Bonchev–Trinajstić information content (AvgIpc) is 2.83. The van der Waals surface area contributed by atoms with Crippen molar-refractivity contribution in [3.63, 3.8) is 0 Å². The van der Waals surface area contributed by atoms with Gasteiger partial charge in [0.05, 0.1) is 20.8 Å². The van der Waals surface area contributed by atoms with Crippen LogP contribution >= 0.6 is 24.0 Å². The maximum atomic E-state index is 6.01. The summed E-state index contributed by atoms with van der Waals surface area (Å²) in [5.74, 6) is 1.89. The maximum Gasteiger partial charge on any atom is 0.188 e. The first-order valence-corrected chi connectivity index (χ1v) is 11.0. The monoisotopic (exact) mass is 553 g/mol. The molecule has 0 radical (unpaired) electrons. The van der Waals surface area contributed by atoms with E-state index in [0.717, 1.165) is 57.7 Å². The molecule has 1 aliphatic heterocycles. The Morgan fingerprint density at radius 1 is 0.969 bits per heavy atom. The Kier molecular flexibility index (Phi) is 11.4. The van der Waals surface area contributed by atoms with Gasteiger partial charge in [0.2, 0.25) is 0 Å². The zero-order chi connectivity index (χ0) is 21.9. The van der Waals surface area contributed by atoms with Gasteiger partial charge >= 0.3 is 0 Å². The number of hydrogen-bond acceptors (Lipinski definition) is 5. The van der Waals surface area contributed by atoms with E-state index in [1.165, 1.54) is 5.69 Å². The van der Waals surface area contributed by atoms with E-state index in [0.29, 0.717) is 24.0 Å². The number of halogens is 1. The van der Waals surface area contributed by atoms with E-state index in [1.54, 1.807) is 14.2 Å². The van der Waals surface area contributed by atoms with Crippen LogP contribution in [0.15, 0.2) is 53.5 Å². The molecule has 7 nitrogen and oxygen atoms in total. The quantitative estimate of drug-likeness (QED) is 0.204. The molecule has 0 aliphatic carbocycles. The van der Waals surface area contributed by atoms with Crippen molar-refractivity contribution >= 4 is 35.6 Å². The van der Waals surface area contributed by atoms with Gasteiger partial charge in [0.1, 0.15) is 0 Å². The number of nitrogens with two attached hydrogens (primary N) is 1. The Morgan fingerprint density at radius 2 is 1.69 bits per heavy atom. The molecule has 0 saturated carbocycles. The lowest BCUT2D eigenvalue weighted by atomic mass is 10.2. The van der Waals surface area contributed by atoms with Gasteiger partial charge in [-0.2, -0.15) is 0 Å². The van der Waals surface area contributed by atoms with Crippen molar-refractivity contribution < 1.29 is 9.47 Å². The minimum atomic E-state index is 0. The lowest BCUT2D eigenvalue weighted by molar-refractivity contribution is 0.253. The SMILES string of the molecule is COc1ccc(CN=C(N)NCCCCN2CCN(c3ccccc3)CC2)cc1OC.I. The predicted octanol–water partition coefficient (Wildman–Crippen LogP) is 3.33. The molecule has 0 spiro atoms. The van der Waals surface area contributed by atoms with Crippen molar-refractivity contribution in [2.45, 2.75) is 19.4 Å². The number of unbranched alkanes of at least 4 members (excludes halogenated alkanes) is 1. The predicted molar refractivity (Wildman–Crippen MR) is 143 cm³/mol. The number of methoxy groups -OCH3 is 2. The summed E-state index contributed by atoms with van der Waals surface area (Å²) in [6.45, 7) is 6.91. The minimum Gasteiger partial charge on any atom is -0.493 e. The average molecular weight is 553 g/mol. The van der Waals surface area contributed by atoms with Crippen molar-refractivity contribution in [2.24, 2.45) is 10.7 Å². The van der Waals surface area contributed by atoms with Crippen molar-refractivity contribution in [3.05, 3.63) is 54.1 Å². The fourth-order valence-corrected chi connectivity index (χ4v) is 3.76. The highest BCUT2D eigenvalue weighted by Gasteiger charge is 2.16. The molecule has 0 unspecified atom stereocenters. The zero-order valence-electron chi connectivity index (χ0n) is 19.1. The molecule has 0 atom stereocenters. The molecule has 1 saturated heterocycles. The first-order chi connectivity index (χ1) is 15.2. The Bertz CT molecular complexity index is 826. The summed E-state index contributed by atoms with van der Waals surface area (Å²) in [5, 5.41) is 3.22. The molecule has 3 rings (SSSR count). The number of guanidine groups is 1. The number of piperazine rings is 1. The Balaban J connectivity index is 0.00000363. The third-order valence-corrected chi connectivity index (χ3v) is 5.58. The van der Waals surface area contributed by atoms with E-state index in [1.807, 2.05) is 18.2 Å². The van der Waals surface area contributed by atoms with Gasteiger partial charge in [-0.1, -0.05) is 24.3 Å². The van der Waals surface area contributed by atoms with E-state index in [-0.39, 0.29) is 24.0 Å². The molecule has 32 heavy (non-hydrogen) atoms. The highest BCUT2D eigenvalue weighted by Crippen LogP contribution is 2.27. The van der Waals surface area contributed by atoms with Crippen LogP contribution in [0.25, 0.3) is 0 Å². The Labute approximate surface area is 209 Å². The topological polar surface area (TPSA) is 75.4 Å². The Morgan fingerprint density at radius 3 is 2.38 bits per heavy atom. The van der Waals surface area contributed by atoms with Crippen LogP contribution in [-0.4, -0.2) is 64.3 Å². The molecule has 8 heteroatoms. The van der Waals surface area contributed by atoms with Crippen molar-refractivity contribution in [1.29, 1.82) is 0 Å². The normalized spacial score (nSPS) is 14.6. The number of rotatable bonds is 10. The van der Waals surface area contributed by atoms with Crippen molar-refractivity contribution in [2.75, 3.05) is 58.4 Å². The third kappa shape index (κ3) is 8.05. The van der Waals surface area contributed by atoms with Gasteiger partial charge in [-0.05, 0) is 49.2 Å². The summed E-state index contributed by atoms with van der Waals surface area (Å²) in [5.41, 5.74) is 8.36. The number of nitrogens with zero attached hydrogens (tertiary/aromatic N) is 3. The van der Waals surface area contributed by atoms with Crippen LogP contribution in [0, 0.1) is 0 Å². The maximum absolute atomic E-state index is 6.01. The van der Waals surface area contributed by atoms with Gasteiger partial charge in [0.15, 0.2) is 17.5 Å². The molecule has 176 valence electrons. The summed E-state index contributed by atoms with van der Waals surface area (Å²) < 4.78 is 10.6. The number of aliphatic imine (C=N–C) groups is 1. The van der Waals surface area contributed by atoms with E-state index >= 15 is 0 Å². The summed E-state index contributed by atoms with van der Waals surface area (Å²) in [6.07, 6.45) is 2.23. The molecule has 0 amide bonds. The van der Waals surface area contributed by atoms with Crippen LogP contribution in [0.1, 0.15) is 18.4 Å². The number of nitrogens with one attached hydrogen (secondary N) is 1. The van der Waals surface area contributed by atoms with E-state index in [9.17, 15) is 0 Å². The lowest BCUT2D eigenvalue weighted by Gasteiger charge is -2.36. The molecular formula is C24H36IN5O2. The Hall–Kier alpha value is -2.20. The summed E-state index contributed by atoms with van der Waals surface area (Å²) in [7, 11) is 3.26. The van der Waals surface area contributed by atoms with Gasteiger partial charge in [0, 0.05) is 38.4 Å². The molecule has 0 aromatic heterocycles. The fraction of sp³-hybridized carbons (Fsp3) is 0.458. The van der Waals surface area contributed by atoms with Gasteiger partial charge in [-0.15, -0.1) is 24.0 Å². The van der Waals surface area contributed by atoms with Crippen LogP contribution in [0.5, 0.6) is 11.5 Å². The third-order valence-electron chi connectivity index (χ3n) is 5.58. The molecule has 0 bridgehead atoms. The van der Waals surface area contributed by atoms with Crippen LogP contribution in [0.4, 0.5) is 5.69 Å². The molecule has 2 aromatic rings. The first kappa shape index (κ1) is 26.1. The zero-order valence-corrected chi connectivity index (χ0v) is 21.5. The largest absolute Gasteiger partial charge is 0.493 e. The van der Waals surface area contributed by atoms with Gasteiger partial charge in [-0.25, -0.2) is 4.99 Å². The van der Waals surface area contributed by atoms with Crippen LogP contribution in [0.2, 0.25) is 0 Å². The standard InChI is InChI=1S/C24H35N5O2.HI/c1-30-22-11-10-20(18-23(22)31-2)19-27-24(25)26-12-6-7-13-28-14-16-29(17-15-28)21-8-4-3-5-9-21;/h3-5,8-11,18H,6-7,12-17,19H2,1-2H3,(H3,25,26,27);1H. The molecule has 1 aliphatic rings. The molecule has 1 fully saturated rings. The number of benzene rings is 2. The fourth-order valence-electron chi connectivity index (χ4n) is 3.76. The number of hydrogen-bond donors (Lipinski definition) is 2. The number of ether oxygens (including phenoxy) is 2. The van der Waals surface area contributed by atoms with E-state index in [4.69, 9.17) is 15.2 Å². The second kappa shape index (κ2) is 14.1. The van der Waals surface area contributed by atoms with Crippen LogP contribution in [-0.2, 0) is 6.54 Å². The van der Waals surface area contributed by atoms with Gasteiger partial charge < -0.3 is 25.4 Å². The summed E-state index contributed by atoms with van der Waals surface area (Å²) >= 11 is 0. The molecular weight excluding hydrogens is 517 g/mol. The smallest absolute Gasteiger partial charge is 0.188 e. The van der Waals surface area contributed by atoms with Crippen molar-refractivity contribution in [3.8, 4) is 11.5 Å². The second-order valence-electron chi connectivity index (χ2n) is 7.69. The van der Waals surface area contributed by atoms with Gasteiger partial charge in [-0.3, -0.25) is 4.90 Å². The lowest BCUT2D eigenvalue weighted by Crippen LogP contribution is -2.46. The van der Waals surface area contributed by atoms with Crippen LogP contribution < -0.4 is 25.4 Å². The highest BCUT2D eigenvalue weighted by molar-refractivity contribution is 14.0. The summed E-state index contributed by atoms with van der Waals surface area (Å²) in [4.78, 5) is 9.44. The number of para-hydroxylation sites is 1. The molecule has 1 heterocycles. The summed E-state index contributed by atoms with van der Waals surface area (Å²) in [6, 6.07) is 16.4. The van der Waals surface area contributed by atoms with E-state index < -0.39 is 0 Å². The second-order valence-corrected chi connectivity index (χ2v) is 7.69. The molecule has 3 N–H and O–H groups in total. The number of anilines is 1. The molecule has 2 aromatic carbocycles. The van der Waals surface area contributed by atoms with Gasteiger partial charge in [0.25, 0.3) is 0 Å².